The van der Waals surface area contributed by atoms with Gasteiger partial charge in [0.05, 0.1) is 39.1 Å². The highest BCUT2D eigenvalue weighted by Crippen LogP contribution is 2.31. The average molecular weight is 989 g/mol. The van der Waals surface area contributed by atoms with Gasteiger partial charge in [-0.15, -0.1) is 0 Å². The van der Waals surface area contributed by atoms with Crippen molar-refractivity contribution in [3.8, 4) is 0 Å². The number of hydrogen-bond donors (Lipinski definition) is 19. The van der Waals surface area contributed by atoms with Gasteiger partial charge in [-0.3, -0.25) is 0 Å². The first-order valence-electron chi connectivity index (χ1n) is 21.0. The van der Waals surface area contributed by atoms with E-state index in [1.807, 2.05) is 0 Å². The standard InChI is InChI=1S/C36H60O31/c37-7-1-8(38)32(57-3-10-14(39)18(43)24(49)31(56)62-10)63-9(7)2-58-33-25(50)19(44)15(40)11(64-33)4-59-34-26(51)20(45)16(41)12(65-34)5-60-35-27(52)21(46)17(42)13(66-35)6-61-36-28(53)22(47)23(48)29(67-36)30(54)55/h7-29,31-53,56H,1-6H2,(H,54,55)/t7-,8+,9?,10?,11?,12+,13+,14+,15+,16+,17+,18-,19-,20-,21-,22-,23-,24+,25+,26+,27+,28+,29-,31-,32+,33+,34+,35+,36+/m0/s1. The van der Waals surface area contributed by atoms with Crippen molar-refractivity contribution in [1.29, 1.82) is 0 Å². The van der Waals surface area contributed by atoms with E-state index in [4.69, 9.17) is 52.1 Å². The minimum absolute atomic E-state index is 0.354. The zero-order chi connectivity index (χ0) is 49.3. The molecule has 0 amide bonds. The molecule has 0 spiro atoms. The van der Waals surface area contributed by atoms with E-state index in [1.54, 1.807) is 0 Å². The van der Waals surface area contributed by atoms with Crippen molar-refractivity contribution >= 4 is 5.97 Å². The lowest BCUT2D eigenvalue weighted by Gasteiger charge is -2.44. The number of carboxylic acids is 1. The quantitative estimate of drug-likeness (QED) is 0.0683. The summed E-state index contributed by atoms with van der Waals surface area (Å²) in [5.74, 6) is -1.71. The Kier molecular flexibility index (Phi) is 19.0. The van der Waals surface area contributed by atoms with Gasteiger partial charge < -0.3 is 149 Å². The monoisotopic (exact) mass is 988 g/mol. The summed E-state index contributed by atoms with van der Waals surface area (Å²) >= 11 is 0. The van der Waals surface area contributed by atoms with Crippen LogP contribution >= 0.6 is 0 Å². The molecular weight excluding hydrogens is 928 g/mol. The molecule has 6 rings (SSSR count). The predicted molar refractivity (Wildman–Crippen MR) is 198 cm³/mol. The maximum absolute atomic E-state index is 11.4. The number of aliphatic hydroxyl groups is 18. The lowest BCUT2D eigenvalue weighted by Crippen LogP contribution is -2.63. The number of carbonyl (C=O) groups is 1. The van der Waals surface area contributed by atoms with Gasteiger partial charge in [0, 0.05) is 6.42 Å². The van der Waals surface area contributed by atoms with Gasteiger partial charge in [0.2, 0.25) is 0 Å². The molecule has 3 unspecified atom stereocenters. The third-order valence-corrected chi connectivity index (χ3v) is 12.2. The number of carboxylic acid groups (broad SMARTS) is 1. The molecule has 67 heavy (non-hydrogen) atoms. The van der Waals surface area contributed by atoms with Crippen molar-refractivity contribution in [2.75, 3.05) is 33.0 Å². The minimum Gasteiger partial charge on any atom is -0.479 e. The second kappa shape index (κ2) is 23.2. The van der Waals surface area contributed by atoms with E-state index in [0.29, 0.717) is 0 Å². The Morgan fingerprint density at radius 3 is 1.01 bits per heavy atom. The van der Waals surface area contributed by atoms with Crippen LogP contribution in [0.2, 0.25) is 0 Å². The summed E-state index contributed by atoms with van der Waals surface area (Å²) in [6, 6.07) is 0. The fraction of sp³-hybridized carbons (Fsp3) is 0.972. The van der Waals surface area contributed by atoms with Crippen molar-refractivity contribution < 1.29 is 154 Å². The number of aliphatic hydroxyl groups excluding tert-OH is 18. The van der Waals surface area contributed by atoms with E-state index >= 15 is 0 Å². The smallest absolute Gasteiger partial charge is 0.335 e. The Morgan fingerprint density at radius 1 is 0.328 bits per heavy atom. The van der Waals surface area contributed by atoms with Gasteiger partial charge in [-0.25, -0.2) is 4.79 Å². The molecule has 0 saturated carbocycles. The van der Waals surface area contributed by atoms with Crippen LogP contribution in [0.15, 0.2) is 0 Å². The van der Waals surface area contributed by atoms with Crippen molar-refractivity contribution in [3.63, 3.8) is 0 Å². The van der Waals surface area contributed by atoms with Gasteiger partial charge in [0.1, 0.15) is 128 Å². The molecule has 0 aromatic heterocycles. The van der Waals surface area contributed by atoms with Gasteiger partial charge in [0.25, 0.3) is 0 Å². The highest BCUT2D eigenvalue weighted by atomic mass is 16.8. The zero-order valence-corrected chi connectivity index (χ0v) is 34.9. The second-order valence-corrected chi connectivity index (χ2v) is 16.9. The summed E-state index contributed by atoms with van der Waals surface area (Å²) in [4.78, 5) is 11.4. The van der Waals surface area contributed by atoms with E-state index in [-0.39, 0.29) is 6.42 Å². The molecule has 31 nitrogen and oxygen atoms in total. The summed E-state index contributed by atoms with van der Waals surface area (Å²) in [7, 11) is 0. The Morgan fingerprint density at radius 2 is 0.627 bits per heavy atom. The van der Waals surface area contributed by atoms with E-state index in [2.05, 4.69) is 0 Å². The van der Waals surface area contributed by atoms with Gasteiger partial charge >= 0.3 is 5.97 Å². The molecule has 6 aliphatic rings. The molecule has 6 saturated heterocycles. The molecule has 0 aromatic carbocycles. The molecular formula is C36H60O31. The predicted octanol–water partition coefficient (Wildman–Crippen LogP) is -13.0. The van der Waals surface area contributed by atoms with Gasteiger partial charge in [-0.1, -0.05) is 0 Å². The maximum Gasteiger partial charge on any atom is 0.335 e. The first kappa shape index (κ1) is 54.6. The van der Waals surface area contributed by atoms with E-state index in [1.165, 1.54) is 0 Å². The van der Waals surface area contributed by atoms with Crippen LogP contribution in [0.4, 0.5) is 0 Å². The summed E-state index contributed by atoms with van der Waals surface area (Å²) in [6.45, 7) is -3.57. The van der Waals surface area contributed by atoms with Crippen LogP contribution in [0.3, 0.4) is 0 Å². The Labute approximate surface area is 377 Å². The van der Waals surface area contributed by atoms with Crippen LogP contribution in [-0.4, -0.2) is 314 Å². The summed E-state index contributed by atoms with van der Waals surface area (Å²) < 4.78 is 59.6. The van der Waals surface area contributed by atoms with Crippen LogP contribution in [0.5, 0.6) is 0 Å². The number of ether oxygens (including phenoxy) is 11. The SMILES string of the molecule is O=C(O)[C@H]1O[C@@H](OC[C@H]2O[C@@H](OC[C@H]3O[C@@H](OCC4O[C@@H](OCC5O[C@@H](OCC6O[C@H](O)[C@H](O)[C@@H](O)[C@@H]6O)[C@H](O)C[C@@H]5O)[C@H](O)[C@@H](O)[C@@H]4O)[C@H](O)[C@@H](O)[C@@H]3O)[C@H](O)[C@@H](O)[C@@H]2O)[C@H](O)[C@@H](O)[C@@H]1O. The molecule has 29 atom stereocenters. The number of hydrogen-bond acceptors (Lipinski definition) is 30. The van der Waals surface area contributed by atoms with Crippen molar-refractivity contribution in [1.82, 2.24) is 0 Å². The number of aliphatic carboxylic acids is 1. The summed E-state index contributed by atoms with van der Waals surface area (Å²) in [5, 5.41) is 196. The highest BCUT2D eigenvalue weighted by molar-refractivity contribution is 5.73. The van der Waals surface area contributed by atoms with Crippen molar-refractivity contribution in [3.05, 3.63) is 0 Å². The first-order chi connectivity index (χ1) is 31.5. The molecule has 6 aliphatic heterocycles. The molecule has 6 fully saturated rings. The Balaban J connectivity index is 1.00. The Bertz CT molecular complexity index is 1550. The van der Waals surface area contributed by atoms with Crippen molar-refractivity contribution in [2.45, 2.75) is 185 Å². The fourth-order valence-electron chi connectivity index (χ4n) is 7.95. The summed E-state index contributed by atoms with van der Waals surface area (Å²) in [6.07, 6.45) is -52.5. The molecule has 0 aliphatic carbocycles. The second-order valence-electron chi connectivity index (χ2n) is 16.9. The van der Waals surface area contributed by atoms with Gasteiger partial charge in [-0.05, 0) is 0 Å². The third-order valence-electron chi connectivity index (χ3n) is 12.2. The lowest BCUT2D eigenvalue weighted by molar-refractivity contribution is -0.349. The Hall–Kier alpha value is -1.69. The van der Waals surface area contributed by atoms with Crippen LogP contribution < -0.4 is 0 Å². The average Bonchev–Trinajstić information content (AvgIpc) is 3.29. The first-order valence-corrected chi connectivity index (χ1v) is 21.0. The van der Waals surface area contributed by atoms with Gasteiger partial charge in [0.15, 0.2) is 43.8 Å². The largest absolute Gasteiger partial charge is 0.479 e. The van der Waals surface area contributed by atoms with Crippen LogP contribution in [0.25, 0.3) is 0 Å². The fourth-order valence-corrected chi connectivity index (χ4v) is 7.95. The molecule has 19 N–H and O–H groups in total. The topological polar surface area (TPSA) is 503 Å². The molecule has 6 heterocycles. The van der Waals surface area contributed by atoms with Crippen LogP contribution in [0.1, 0.15) is 6.42 Å². The van der Waals surface area contributed by atoms with E-state index in [0.717, 1.165) is 0 Å². The van der Waals surface area contributed by atoms with Gasteiger partial charge in [-0.2, -0.15) is 0 Å². The lowest BCUT2D eigenvalue weighted by atomic mass is 9.97. The molecule has 0 bridgehead atoms. The molecule has 31 heteroatoms. The van der Waals surface area contributed by atoms with Crippen LogP contribution in [-0.2, 0) is 56.9 Å². The summed E-state index contributed by atoms with van der Waals surface area (Å²) in [5.41, 5.74) is 0. The molecule has 0 aromatic rings. The van der Waals surface area contributed by atoms with Crippen LogP contribution in [0, 0.1) is 0 Å². The normalized spacial score (nSPS) is 52.2. The maximum atomic E-state index is 11.4. The zero-order valence-electron chi connectivity index (χ0n) is 34.9. The molecule has 390 valence electrons. The van der Waals surface area contributed by atoms with E-state index in [9.17, 15) is 102 Å². The third kappa shape index (κ3) is 12.2. The number of rotatable bonds is 16. The molecule has 0 radical (unpaired) electrons. The minimum atomic E-state index is -2.04. The van der Waals surface area contributed by atoms with Crippen molar-refractivity contribution in [2.24, 2.45) is 0 Å². The van der Waals surface area contributed by atoms with E-state index < -0.39 is 217 Å². The highest BCUT2D eigenvalue weighted by Gasteiger charge is 2.52.